The van der Waals surface area contributed by atoms with Gasteiger partial charge in [0.1, 0.15) is 0 Å². The largest absolute Gasteiger partial charge is 0.383 e. The molecular weight excluding hydrogens is 254 g/mol. The summed E-state index contributed by atoms with van der Waals surface area (Å²) in [5, 5.41) is 7.76. The van der Waals surface area contributed by atoms with Crippen LogP contribution in [-0.2, 0) is 4.74 Å². The number of carbonyl (C=O) groups excluding carboxylic acids is 1. The Bertz CT molecular complexity index is 381. The molecule has 18 heavy (non-hydrogen) atoms. The highest BCUT2D eigenvalue weighted by Crippen LogP contribution is 2.07. The minimum atomic E-state index is -0.148. The molecule has 0 saturated heterocycles. The van der Waals surface area contributed by atoms with Crippen LogP contribution in [0.15, 0.2) is 12.1 Å². The second-order valence-electron chi connectivity index (χ2n) is 4.38. The van der Waals surface area contributed by atoms with Gasteiger partial charge in [-0.05, 0) is 18.1 Å². The maximum Gasteiger partial charge on any atom is 0.274 e. The van der Waals surface area contributed by atoms with Gasteiger partial charge in [0.2, 0.25) is 0 Å². The van der Waals surface area contributed by atoms with E-state index in [2.05, 4.69) is 24.0 Å². The van der Waals surface area contributed by atoms with Crippen LogP contribution in [0.2, 0.25) is 5.15 Å². The molecule has 0 fully saturated rings. The fraction of sp³-hybridized carbons (Fsp3) is 0.583. The zero-order valence-electron chi connectivity index (χ0n) is 10.9. The lowest BCUT2D eigenvalue weighted by molar-refractivity contribution is 0.0665. The van der Waals surface area contributed by atoms with E-state index < -0.39 is 0 Å². The molecule has 0 bridgehead atoms. The molecule has 1 heterocycles. The van der Waals surface area contributed by atoms with Gasteiger partial charge in [-0.25, -0.2) is 0 Å². The first-order chi connectivity index (χ1) is 8.54. The van der Waals surface area contributed by atoms with Crippen molar-refractivity contribution in [3.8, 4) is 0 Å². The van der Waals surface area contributed by atoms with E-state index in [1.165, 1.54) is 0 Å². The molecular formula is C12H18ClN3O2. The van der Waals surface area contributed by atoms with Crippen LogP contribution in [-0.4, -0.2) is 47.8 Å². The Hall–Kier alpha value is -1.20. The third-order valence-electron chi connectivity index (χ3n) is 2.29. The van der Waals surface area contributed by atoms with Gasteiger partial charge in [0.25, 0.3) is 5.91 Å². The van der Waals surface area contributed by atoms with Gasteiger partial charge in [-0.2, -0.15) is 0 Å². The van der Waals surface area contributed by atoms with Crippen molar-refractivity contribution in [1.82, 2.24) is 15.1 Å². The molecule has 0 aromatic carbocycles. The van der Waals surface area contributed by atoms with Gasteiger partial charge in [-0.15, -0.1) is 10.2 Å². The zero-order chi connectivity index (χ0) is 13.5. The number of rotatable bonds is 6. The minimum Gasteiger partial charge on any atom is -0.383 e. The summed E-state index contributed by atoms with van der Waals surface area (Å²) in [5.41, 5.74) is 0.302. The first-order valence-electron chi connectivity index (χ1n) is 5.82. The smallest absolute Gasteiger partial charge is 0.274 e. The van der Waals surface area contributed by atoms with Crippen molar-refractivity contribution in [3.63, 3.8) is 0 Å². The average molecular weight is 272 g/mol. The maximum absolute atomic E-state index is 12.2. The fourth-order valence-corrected chi connectivity index (χ4v) is 1.61. The van der Waals surface area contributed by atoms with E-state index in [-0.39, 0.29) is 11.1 Å². The molecule has 1 rings (SSSR count). The normalized spacial score (nSPS) is 10.7. The van der Waals surface area contributed by atoms with Crippen LogP contribution >= 0.6 is 11.6 Å². The molecule has 0 saturated carbocycles. The Morgan fingerprint density at radius 1 is 1.44 bits per heavy atom. The molecule has 0 radical (unpaired) electrons. The van der Waals surface area contributed by atoms with E-state index in [0.29, 0.717) is 31.3 Å². The highest BCUT2D eigenvalue weighted by Gasteiger charge is 2.18. The minimum absolute atomic E-state index is 0.148. The molecule has 0 aliphatic carbocycles. The van der Waals surface area contributed by atoms with Crippen LogP contribution in [0, 0.1) is 5.92 Å². The van der Waals surface area contributed by atoms with Crippen molar-refractivity contribution in [3.05, 3.63) is 23.0 Å². The summed E-state index contributed by atoms with van der Waals surface area (Å²) < 4.78 is 5.01. The van der Waals surface area contributed by atoms with Gasteiger partial charge in [0.05, 0.1) is 6.61 Å². The predicted octanol–water partition coefficient (Wildman–Crippen LogP) is 1.87. The first kappa shape index (κ1) is 14.9. The number of methoxy groups -OCH3 is 1. The van der Waals surface area contributed by atoms with Crippen LogP contribution in [0.5, 0.6) is 0 Å². The van der Waals surface area contributed by atoms with Crippen molar-refractivity contribution in [2.24, 2.45) is 5.92 Å². The summed E-state index contributed by atoms with van der Waals surface area (Å²) >= 11 is 5.65. The van der Waals surface area contributed by atoms with Crippen LogP contribution in [0.1, 0.15) is 24.3 Å². The monoisotopic (exact) mass is 271 g/mol. The SMILES string of the molecule is COCCN(CC(C)C)C(=O)c1ccc(Cl)nn1. The first-order valence-corrected chi connectivity index (χ1v) is 6.19. The van der Waals surface area contributed by atoms with Crippen molar-refractivity contribution in [2.45, 2.75) is 13.8 Å². The number of nitrogens with zero attached hydrogens (tertiary/aromatic N) is 3. The summed E-state index contributed by atoms with van der Waals surface area (Å²) in [4.78, 5) is 13.9. The standard InChI is InChI=1S/C12H18ClN3O2/c1-9(2)8-16(6-7-18-3)12(17)10-4-5-11(13)15-14-10/h4-5,9H,6-8H2,1-3H3. The average Bonchev–Trinajstić information content (AvgIpc) is 2.34. The number of hydrogen-bond acceptors (Lipinski definition) is 4. The molecule has 1 aromatic heterocycles. The summed E-state index contributed by atoms with van der Waals surface area (Å²) in [6.07, 6.45) is 0. The molecule has 0 aliphatic heterocycles. The molecule has 100 valence electrons. The van der Waals surface area contributed by atoms with Crippen LogP contribution in [0.25, 0.3) is 0 Å². The highest BCUT2D eigenvalue weighted by molar-refractivity contribution is 6.29. The number of carbonyl (C=O) groups is 1. The van der Waals surface area contributed by atoms with Crippen LogP contribution in [0.3, 0.4) is 0 Å². The van der Waals surface area contributed by atoms with E-state index in [4.69, 9.17) is 16.3 Å². The predicted molar refractivity (Wildman–Crippen MR) is 69.7 cm³/mol. The third-order valence-corrected chi connectivity index (χ3v) is 2.49. The van der Waals surface area contributed by atoms with E-state index in [9.17, 15) is 4.79 Å². The highest BCUT2D eigenvalue weighted by atomic mass is 35.5. The van der Waals surface area contributed by atoms with Gasteiger partial charge < -0.3 is 9.64 Å². The van der Waals surface area contributed by atoms with Crippen LogP contribution in [0.4, 0.5) is 0 Å². The Labute approximate surface area is 112 Å². The van der Waals surface area contributed by atoms with E-state index in [1.54, 1.807) is 24.1 Å². The van der Waals surface area contributed by atoms with E-state index in [1.807, 2.05) is 0 Å². The second-order valence-corrected chi connectivity index (χ2v) is 4.77. The van der Waals surface area contributed by atoms with Crippen LogP contribution < -0.4 is 0 Å². The van der Waals surface area contributed by atoms with Gasteiger partial charge in [0, 0.05) is 20.2 Å². The van der Waals surface area contributed by atoms with Gasteiger partial charge in [-0.3, -0.25) is 4.79 Å². The van der Waals surface area contributed by atoms with E-state index >= 15 is 0 Å². The van der Waals surface area contributed by atoms with Crippen molar-refractivity contribution >= 4 is 17.5 Å². The van der Waals surface area contributed by atoms with Gasteiger partial charge in [-0.1, -0.05) is 25.4 Å². The van der Waals surface area contributed by atoms with Crippen molar-refractivity contribution in [1.29, 1.82) is 0 Å². The molecule has 1 aromatic rings. The lowest BCUT2D eigenvalue weighted by atomic mass is 10.2. The summed E-state index contributed by atoms with van der Waals surface area (Å²) in [5.74, 6) is 0.232. The Morgan fingerprint density at radius 2 is 2.17 bits per heavy atom. The molecule has 5 nitrogen and oxygen atoms in total. The fourth-order valence-electron chi connectivity index (χ4n) is 1.51. The Kier molecular flexibility index (Phi) is 6.01. The maximum atomic E-state index is 12.2. The van der Waals surface area contributed by atoms with Crippen molar-refractivity contribution in [2.75, 3.05) is 26.8 Å². The molecule has 0 aliphatic rings. The number of amides is 1. The lowest BCUT2D eigenvalue weighted by Gasteiger charge is -2.23. The Balaban J connectivity index is 2.77. The summed E-state index contributed by atoms with van der Waals surface area (Å²) in [6.45, 7) is 5.81. The number of halogens is 1. The zero-order valence-corrected chi connectivity index (χ0v) is 11.6. The number of ether oxygens (including phenoxy) is 1. The van der Waals surface area contributed by atoms with E-state index in [0.717, 1.165) is 0 Å². The van der Waals surface area contributed by atoms with Gasteiger partial charge >= 0.3 is 0 Å². The summed E-state index contributed by atoms with van der Waals surface area (Å²) in [7, 11) is 1.61. The number of aromatic nitrogens is 2. The topological polar surface area (TPSA) is 55.3 Å². The van der Waals surface area contributed by atoms with Gasteiger partial charge in [0.15, 0.2) is 10.8 Å². The lowest BCUT2D eigenvalue weighted by Crippen LogP contribution is -2.37. The van der Waals surface area contributed by atoms with Crippen molar-refractivity contribution < 1.29 is 9.53 Å². The molecule has 0 spiro atoms. The molecule has 1 amide bonds. The number of hydrogen-bond donors (Lipinski definition) is 0. The third kappa shape index (κ3) is 4.58. The molecule has 6 heteroatoms. The Morgan fingerprint density at radius 3 is 2.67 bits per heavy atom. The molecule has 0 atom stereocenters. The molecule has 0 N–H and O–H groups in total. The second kappa shape index (κ2) is 7.28. The summed E-state index contributed by atoms with van der Waals surface area (Å²) in [6, 6.07) is 3.14. The quantitative estimate of drug-likeness (QED) is 0.793. The molecule has 0 unspecified atom stereocenters.